The Morgan fingerprint density at radius 2 is 1.85 bits per heavy atom. The molecule has 1 aromatic carbocycles. The summed E-state index contributed by atoms with van der Waals surface area (Å²) < 4.78 is 0. The quantitative estimate of drug-likeness (QED) is 0.894. The molecule has 0 saturated carbocycles. The van der Waals surface area contributed by atoms with E-state index in [1.54, 1.807) is 0 Å². The first-order valence-electron chi connectivity index (χ1n) is 7.57. The lowest BCUT2D eigenvalue weighted by Crippen LogP contribution is -2.44. The molecule has 0 atom stereocenters. The van der Waals surface area contributed by atoms with Crippen LogP contribution in [0.1, 0.15) is 43.7 Å². The normalized spacial score (nSPS) is 18.9. The van der Waals surface area contributed by atoms with Crippen LogP contribution in [0.4, 0.5) is 0 Å². The van der Waals surface area contributed by atoms with E-state index in [2.05, 4.69) is 43.0 Å². The highest BCUT2D eigenvalue weighted by Gasteiger charge is 2.40. The van der Waals surface area contributed by atoms with Crippen LogP contribution in [0.2, 0.25) is 0 Å². The fraction of sp³-hybridized carbons (Fsp3) is 0.588. The molecule has 1 fully saturated rings. The number of carboxylic acids is 1. The van der Waals surface area contributed by atoms with Gasteiger partial charge in [0, 0.05) is 6.54 Å². The molecular weight excluding hydrogens is 250 g/mol. The van der Waals surface area contributed by atoms with Gasteiger partial charge >= 0.3 is 5.97 Å². The Hall–Kier alpha value is -1.35. The molecule has 1 aliphatic rings. The van der Waals surface area contributed by atoms with Gasteiger partial charge in [0.25, 0.3) is 0 Å². The summed E-state index contributed by atoms with van der Waals surface area (Å²) >= 11 is 0. The van der Waals surface area contributed by atoms with Crippen LogP contribution in [0.15, 0.2) is 24.3 Å². The van der Waals surface area contributed by atoms with Crippen molar-refractivity contribution in [3.8, 4) is 0 Å². The molecule has 0 bridgehead atoms. The van der Waals surface area contributed by atoms with Crippen molar-refractivity contribution in [1.82, 2.24) is 4.90 Å². The van der Waals surface area contributed by atoms with Crippen LogP contribution in [0.5, 0.6) is 0 Å². The van der Waals surface area contributed by atoms with Crippen LogP contribution in [0, 0.1) is 12.3 Å². The van der Waals surface area contributed by atoms with Crippen molar-refractivity contribution >= 4 is 5.97 Å². The van der Waals surface area contributed by atoms with Crippen LogP contribution >= 0.6 is 0 Å². The van der Waals surface area contributed by atoms with E-state index in [-0.39, 0.29) is 0 Å². The second-order valence-corrected chi connectivity index (χ2v) is 6.10. The second kappa shape index (κ2) is 6.40. The van der Waals surface area contributed by atoms with Gasteiger partial charge in [0.2, 0.25) is 0 Å². The topological polar surface area (TPSA) is 40.5 Å². The Bertz CT molecular complexity index is 445. The Balaban J connectivity index is 1.93. The molecule has 0 amide bonds. The number of carboxylic acid groups (broad SMARTS) is 1. The second-order valence-electron chi connectivity index (χ2n) is 6.10. The third kappa shape index (κ3) is 3.40. The standard InChI is InChI=1S/C17H25NO2/c1-3-8-17(16(19)20)9-11-18(12-10-17)13-15-6-4-14(2)5-7-15/h4-7H,3,8-13H2,1-2H3,(H,19,20). The minimum atomic E-state index is -0.602. The summed E-state index contributed by atoms with van der Waals surface area (Å²) in [4.78, 5) is 13.9. The lowest BCUT2D eigenvalue weighted by Gasteiger charge is -2.38. The summed E-state index contributed by atoms with van der Waals surface area (Å²) in [5, 5.41) is 9.51. The minimum absolute atomic E-state index is 0.474. The molecule has 1 aliphatic heterocycles. The average molecular weight is 275 g/mol. The summed E-state index contributed by atoms with van der Waals surface area (Å²) in [6.07, 6.45) is 3.31. The maximum absolute atomic E-state index is 11.6. The van der Waals surface area contributed by atoms with E-state index in [1.807, 2.05) is 0 Å². The molecule has 1 N–H and O–H groups in total. The molecular formula is C17H25NO2. The Labute approximate surface area is 121 Å². The smallest absolute Gasteiger partial charge is 0.309 e. The number of piperidine rings is 1. The first-order valence-corrected chi connectivity index (χ1v) is 7.57. The van der Waals surface area contributed by atoms with E-state index in [0.717, 1.165) is 45.3 Å². The number of likely N-dealkylation sites (tertiary alicyclic amines) is 1. The fourth-order valence-corrected chi connectivity index (χ4v) is 3.14. The van der Waals surface area contributed by atoms with Crippen molar-refractivity contribution in [2.24, 2.45) is 5.41 Å². The number of carbonyl (C=O) groups is 1. The number of aryl methyl sites for hydroxylation is 1. The molecule has 0 spiro atoms. The van der Waals surface area contributed by atoms with E-state index >= 15 is 0 Å². The molecule has 1 heterocycles. The summed E-state index contributed by atoms with van der Waals surface area (Å²) in [6, 6.07) is 8.61. The van der Waals surface area contributed by atoms with Gasteiger partial charge in [-0.25, -0.2) is 0 Å². The van der Waals surface area contributed by atoms with Crippen molar-refractivity contribution in [2.75, 3.05) is 13.1 Å². The van der Waals surface area contributed by atoms with Gasteiger partial charge in [0.15, 0.2) is 0 Å². The summed E-state index contributed by atoms with van der Waals surface area (Å²) in [7, 11) is 0. The summed E-state index contributed by atoms with van der Waals surface area (Å²) in [5.41, 5.74) is 2.12. The number of aliphatic carboxylic acids is 1. The average Bonchev–Trinajstić information content (AvgIpc) is 2.44. The van der Waals surface area contributed by atoms with Crippen LogP contribution in [0.3, 0.4) is 0 Å². The van der Waals surface area contributed by atoms with Gasteiger partial charge < -0.3 is 5.11 Å². The van der Waals surface area contributed by atoms with Crippen LogP contribution in [-0.4, -0.2) is 29.1 Å². The zero-order valence-corrected chi connectivity index (χ0v) is 12.6. The zero-order valence-electron chi connectivity index (χ0n) is 12.6. The monoisotopic (exact) mass is 275 g/mol. The Kier molecular flexibility index (Phi) is 4.81. The maximum Gasteiger partial charge on any atom is 0.309 e. The van der Waals surface area contributed by atoms with E-state index < -0.39 is 11.4 Å². The van der Waals surface area contributed by atoms with Gasteiger partial charge in [-0.3, -0.25) is 9.69 Å². The predicted molar refractivity (Wildman–Crippen MR) is 80.7 cm³/mol. The van der Waals surface area contributed by atoms with Crippen molar-refractivity contribution in [1.29, 1.82) is 0 Å². The fourth-order valence-electron chi connectivity index (χ4n) is 3.14. The summed E-state index contributed by atoms with van der Waals surface area (Å²) in [6.45, 7) is 6.88. The lowest BCUT2D eigenvalue weighted by molar-refractivity contribution is -0.152. The highest BCUT2D eigenvalue weighted by molar-refractivity contribution is 5.74. The highest BCUT2D eigenvalue weighted by Crippen LogP contribution is 2.36. The van der Waals surface area contributed by atoms with E-state index in [9.17, 15) is 9.90 Å². The van der Waals surface area contributed by atoms with Crippen molar-refractivity contribution in [3.05, 3.63) is 35.4 Å². The van der Waals surface area contributed by atoms with Gasteiger partial charge in [0.05, 0.1) is 5.41 Å². The van der Waals surface area contributed by atoms with Gasteiger partial charge in [-0.2, -0.15) is 0 Å². The molecule has 3 heteroatoms. The molecule has 0 aliphatic carbocycles. The largest absolute Gasteiger partial charge is 0.481 e. The maximum atomic E-state index is 11.6. The third-order valence-electron chi connectivity index (χ3n) is 4.52. The number of rotatable bonds is 5. The van der Waals surface area contributed by atoms with Crippen molar-refractivity contribution in [2.45, 2.75) is 46.1 Å². The zero-order chi connectivity index (χ0) is 14.6. The van der Waals surface area contributed by atoms with Crippen molar-refractivity contribution < 1.29 is 9.90 Å². The van der Waals surface area contributed by atoms with Gasteiger partial charge in [-0.1, -0.05) is 43.2 Å². The molecule has 110 valence electrons. The first-order chi connectivity index (χ1) is 9.55. The van der Waals surface area contributed by atoms with Gasteiger partial charge in [-0.15, -0.1) is 0 Å². The molecule has 0 aromatic heterocycles. The van der Waals surface area contributed by atoms with Gasteiger partial charge in [0.1, 0.15) is 0 Å². The molecule has 1 aromatic rings. The molecule has 3 nitrogen and oxygen atoms in total. The lowest BCUT2D eigenvalue weighted by atomic mass is 9.75. The molecule has 20 heavy (non-hydrogen) atoms. The third-order valence-corrected chi connectivity index (χ3v) is 4.52. The SMILES string of the molecule is CCCC1(C(=O)O)CCN(Cc2ccc(C)cc2)CC1. The van der Waals surface area contributed by atoms with E-state index in [1.165, 1.54) is 11.1 Å². The Morgan fingerprint density at radius 1 is 1.25 bits per heavy atom. The molecule has 0 radical (unpaired) electrons. The Morgan fingerprint density at radius 3 is 2.35 bits per heavy atom. The van der Waals surface area contributed by atoms with E-state index in [0.29, 0.717) is 0 Å². The summed E-state index contributed by atoms with van der Waals surface area (Å²) in [5.74, 6) is -0.602. The van der Waals surface area contributed by atoms with Crippen LogP contribution in [0.25, 0.3) is 0 Å². The number of nitrogens with zero attached hydrogens (tertiary/aromatic N) is 1. The number of hydrogen-bond acceptors (Lipinski definition) is 2. The number of benzene rings is 1. The van der Waals surface area contributed by atoms with Crippen molar-refractivity contribution in [3.63, 3.8) is 0 Å². The number of hydrogen-bond donors (Lipinski definition) is 1. The molecule has 0 unspecified atom stereocenters. The molecule has 1 saturated heterocycles. The van der Waals surface area contributed by atoms with E-state index in [4.69, 9.17) is 0 Å². The molecule has 2 rings (SSSR count). The van der Waals surface area contributed by atoms with Gasteiger partial charge in [-0.05, 0) is 44.8 Å². The minimum Gasteiger partial charge on any atom is -0.481 e. The van der Waals surface area contributed by atoms with Crippen LogP contribution in [-0.2, 0) is 11.3 Å². The first kappa shape index (κ1) is 15.0. The highest BCUT2D eigenvalue weighted by atomic mass is 16.4. The predicted octanol–water partition coefficient (Wildman–Crippen LogP) is 3.46. The van der Waals surface area contributed by atoms with Crippen LogP contribution < -0.4 is 0 Å².